The van der Waals surface area contributed by atoms with Gasteiger partial charge in [-0.2, -0.15) is 0 Å². The van der Waals surface area contributed by atoms with E-state index in [-0.39, 0.29) is 46.2 Å². The Hall–Kier alpha value is -10.4. The van der Waals surface area contributed by atoms with E-state index in [1.165, 1.54) is 82.6 Å². The minimum atomic E-state index is -1.20. The third-order valence-electron chi connectivity index (χ3n) is 25.1. The second-order valence-electron chi connectivity index (χ2n) is 32.1. The van der Waals surface area contributed by atoms with Crippen LogP contribution in [0.25, 0.3) is 44.1 Å². The maximum absolute atomic E-state index is 14.5. The Bertz CT molecular complexity index is 5750. The molecule has 4 fully saturated rings. The van der Waals surface area contributed by atoms with Crippen LogP contribution in [0.5, 0.6) is 23.0 Å². The normalized spacial score (nSPS) is 26.4. The van der Waals surface area contributed by atoms with Gasteiger partial charge in [-0.25, -0.2) is 46.9 Å². The summed E-state index contributed by atoms with van der Waals surface area (Å²) in [6.07, 6.45) is 8.92. The number of nitrogen functional groups attached to an aromatic ring is 2. The molecule has 0 saturated heterocycles. The number of anilines is 2. The highest BCUT2D eigenvalue weighted by Crippen LogP contribution is 2.45. The van der Waals surface area contributed by atoms with Gasteiger partial charge in [0.15, 0.2) is 23.3 Å². The molecule has 0 bridgehead atoms. The van der Waals surface area contributed by atoms with Crippen LogP contribution >= 0.6 is 0 Å². The Morgan fingerprint density at radius 1 is 0.390 bits per heavy atom. The fraction of sp³-hybridized carbons (Fsp3) is 0.414. The van der Waals surface area contributed by atoms with E-state index >= 15 is 0 Å². The fourth-order valence-electron chi connectivity index (χ4n) is 18.8. The number of nitrogens with one attached hydrogen (secondary N) is 3. The molecule has 12 aromatic rings. The average molecular weight is 1620 g/mol. The topological polar surface area (TPSA) is 371 Å². The fourth-order valence-corrected chi connectivity index (χ4v) is 18.8. The third kappa shape index (κ3) is 14.8. The number of hydrogen-bond donors (Lipinski definition) is 13. The summed E-state index contributed by atoms with van der Waals surface area (Å²) in [7, 11) is 0. The Morgan fingerprint density at radius 3 is 1.42 bits per heavy atom. The van der Waals surface area contributed by atoms with Gasteiger partial charge in [0, 0.05) is 139 Å². The second-order valence-corrected chi connectivity index (χ2v) is 32.1. The van der Waals surface area contributed by atoms with Crippen LogP contribution in [0.4, 0.5) is 33.3 Å². The number of rotatable bonds is 12. The lowest BCUT2D eigenvalue weighted by Gasteiger charge is -2.25. The van der Waals surface area contributed by atoms with Crippen LogP contribution in [0.2, 0.25) is 0 Å². The van der Waals surface area contributed by atoms with Crippen molar-refractivity contribution in [3.05, 3.63) is 219 Å². The number of fused-ring (bicyclic) bond motifs is 8. The first-order valence-electron chi connectivity index (χ1n) is 40.3. The molecular formula is C87H95F5N14O12. The van der Waals surface area contributed by atoms with E-state index in [2.05, 4.69) is 59.9 Å². The molecule has 8 unspecified atom stereocenters. The molecule has 26 nitrogen and oxygen atoms in total. The molecule has 4 saturated carbocycles. The van der Waals surface area contributed by atoms with E-state index in [0.717, 1.165) is 82.1 Å². The average Bonchev–Trinajstić information content (AvgIpc) is 1.59. The number of pyridine rings is 3. The number of benzene rings is 4. The molecule has 3 aliphatic heterocycles. The standard InChI is InChI=1S/C23H27N3O3.C22H23F2N3O3.C21H22F2N4O3.C21H23FN4O3/c1-13-7-8-19(17-6-4-3-5-15(13)17)29-20-11-18(21(27)22(20)28)26-10-9-16-14(2)24-12-25-23(16)26;1-11-2-6-26-22-12(11)4-7-27(22)16-9-18(21(29)20(16)28)30-17-8-15(23)19(24)13-3-5-25-10-14(13)17;22-12-1-2-16(11-8-25-5-3-10(11)12)30-17-7-15(19(28)20(17)29)27-9-13(23)18-14(24)4-6-26-21(18)27;22-13-10-26(21-18(13)14(23)5-7-25-21)15-8-17(20(28)19(15)27)29-16-3-1-2-11-4-6-24-9-12(11)16/h7-10,12,18,20-22,27-28H,3-6,11H2,1-2H3;2,4,6-8,16,18,20-21,25,28-29H,3,5,9-10H2,1H3;1-2,4,6,9,15,17,19-20,25,28-29H,3,5,7-8H2,(H2,24,26);1-3,5,7,10,15,17,19-20,24,27-28H,4,6,8-9H2,(H2,23,25)/t18?,20?,21-,22+;16?,18?,20-,21+;2*15?,17?,19-,20+/m0000/s1. The zero-order valence-corrected chi connectivity index (χ0v) is 65.2. The van der Waals surface area contributed by atoms with Gasteiger partial charge in [0.2, 0.25) is 0 Å². The highest BCUT2D eigenvalue weighted by Gasteiger charge is 2.49. The molecule has 15 N–H and O–H groups in total. The van der Waals surface area contributed by atoms with E-state index < -0.39 is 115 Å². The lowest BCUT2D eigenvalue weighted by atomic mass is 9.88. The van der Waals surface area contributed by atoms with Gasteiger partial charge in [0.05, 0.1) is 40.6 Å². The quantitative estimate of drug-likeness (QED) is 0.0509. The molecule has 16 atom stereocenters. The van der Waals surface area contributed by atoms with Crippen LogP contribution < -0.4 is 46.4 Å². The van der Waals surface area contributed by atoms with Gasteiger partial charge >= 0.3 is 0 Å². The van der Waals surface area contributed by atoms with Crippen LogP contribution in [0, 0.1) is 49.9 Å². The lowest BCUT2D eigenvalue weighted by Crippen LogP contribution is -2.35. The molecule has 0 radical (unpaired) electrons. The molecule has 8 aliphatic rings. The summed E-state index contributed by atoms with van der Waals surface area (Å²) in [5.41, 5.74) is 24.9. The first-order valence-corrected chi connectivity index (χ1v) is 40.3. The van der Waals surface area contributed by atoms with Crippen molar-refractivity contribution in [2.75, 3.05) is 31.1 Å². The number of ether oxygens (including phenoxy) is 4. The van der Waals surface area contributed by atoms with Crippen molar-refractivity contribution >= 4 is 55.5 Å². The highest BCUT2D eigenvalue weighted by atomic mass is 19.2. The predicted molar refractivity (Wildman–Crippen MR) is 429 cm³/mol. The summed E-state index contributed by atoms with van der Waals surface area (Å²) in [6, 6.07) is 20.9. The van der Waals surface area contributed by atoms with E-state index in [4.69, 9.17) is 30.4 Å². The maximum atomic E-state index is 14.5. The van der Waals surface area contributed by atoms with Crippen molar-refractivity contribution in [1.29, 1.82) is 0 Å². The number of aryl methyl sites for hydroxylation is 3. The molecule has 620 valence electrons. The van der Waals surface area contributed by atoms with Crippen molar-refractivity contribution in [2.45, 2.75) is 208 Å². The van der Waals surface area contributed by atoms with E-state index in [0.29, 0.717) is 104 Å². The SMILES string of the molecule is Cc1ccc(OC2CC(n3ccc4c(C)ncnc43)[C@H](O)[C@@H]2O)c2c1CCCC2.Cc1ccnc2c1ccn2C1CC(Oc2cc(F)c(F)c3c2CNCC3)[C@@H](O)[C@H]1O.Nc1ccnc2c1c(F)cn2C1CC(Oc2ccc(F)c3c2CNCC3)[C@@H](O)[C@H]1O.Nc1ccnc2c1c(F)cn2C1CC(Oc2cccc3c2CNCC3)[C@@H](O)[C@H]1O. The minimum Gasteiger partial charge on any atom is -0.487 e. The van der Waals surface area contributed by atoms with Crippen molar-refractivity contribution in [3.8, 4) is 23.0 Å². The van der Waals surface area contributed by atoms with Crippen molar-refractivity contribution in [3.63, 3.8) is 0 Å². The Balaban J connectivity index is 0.000000113. The van der Waals surface area contributed by atoms with Gasteiger partial charge in [-0.1, -0.05) is 18.2 Å². The second kappa shape index (κ2) is 33.1. The number of nitrogens with two attached hydrogens (primary N) is 2. The Kier molecular flexibility index (Phi) is 22.4. The molecule has 11 heterocycles. The van der Waals surface area contributed by atoms with E-state index in [1.807, 2.05) is 71.8 Å². The van der Waals surface area contributed by atoms with Crippen LogP contribution in [-0.2, 0) is 51.7 Å². The van der Waals surface area contributed by atoms with E-state index in [9.17, 15) is 62.8 Å². The number of hydrogen-bond acceptors (Lipinski definition) is 22. The van der Waals surface area contributed by atoms with Gasteiger partial charge in [-0.3, -0.25) is 0 Å². The zero-order valence-electron chi connectivity index (χ0n) is 65.2. The molecule has 118 heavy (non-hydrogen) atoms. The number of nitrogens with zero attached hydrogens (tertiary/aromatic N) is 9. The molecular weight excluding hydrogens is 1530 g/mol. The highest BCUT2D eigenvalue weighted by molar-refractivity contribution is 5.90. The van der Waals surface area contributed by atoms with E-state index in [1.54, 1.807) is 23.2 Å². The van der Waals surface area contributed by atoms with Crippen LogP contribution in [0.3, 0.4) is 0 Å². The largest absolute Gasteiger partial charge is 0.487 e. The summed E-state index contributed by atoms with van der Waals surface area (Å²) in [5.74, 6) is -0.881. The van der Waals surface area contributed by atoms with Crippen molar-refractivity contribution < 1.29 is 81.8 Å². The molecule has 0 amide bonds. The maximum Gasteiger partial charge on any atom is 0.162 e. The first kappa shape index (κ1) is 80.0. The van der Waals surface area contributed by atoms with Gasteiger partial charge in [-0.05, 0) is 173 Å². The van der Waals surface area contributed by atoms with Crippen LogP contribution in [0.15, 0.2) is 129 Å². The minimum absolute atomic E-state index is 0.183. The van der Waals surface area contributed by atoms with Gasteiger partial charge in [0.1, 0.15) is 131 Å². The number of aromatic nitrogens is 9. The smallest absolute Gasteiger partial charge is 0.162 e. The summed E-state index contributed by atoms with van der Waals surface area (Å²) in [6.45, 7) is 9.79. The van der Waals surface area contributed by atoms with Crippen LogP contribution in [-0.4, -0.2) is 177 Å². The van der Waals surface area contributed by atoms with Crippen molar-refractivity contribution in [2.24, 2.45) is 0 Å². The van der Waals surface area contributed by atoms with Gasteiger partial charge < -0.3 is 105 Å². The molecule has 5 aliphatic carbocycles. The molecule has 8 aromatic heterocycles. The Morgan fingerprint density at radius 2 is 0.847 bits per heavy atom. The number of halogens is 5. The first-order chi connectivity index (χ1) is 57.0. The molecule has 20 rings (SSSR count). The third-order valence-corrected chi connectivity index (χ3v) is 25.1. The Labute approximate surface area is 674 Å². The summed E-state index contributed by atoms with van der Waals surface area (Å²) >= 11 is 0. The predicted octanol–water partition coefficient (Wildman–Crippen LogP) is 8.60. The summed E-state index contributed by atoms with van der Waals surface area (Å²) in [4.78, 5) is 21.5. The molecule has 4 aromatic carbocycles. The monoisotopic (exact) mass is 1620 g/mol. The van der Waals surface area contributed by atoms with Gasteiger partial charge in [0.25, 0.3) is 0 Å². The lowest BCUT2D eigenvalue weighted by molar-refractivity contribution is -0.0167. The zero-order chi connectivity index (χ0) is 82.2. The summed E-state index contributed by atoms with van der Waals surface area (Å²) < 4.78 is 103. The van der Waals surface area contributed by atoms with Gasteiger partial charge in [-0.15, -0.1) is 0 Å². The van der Waals surface area contributed by atoms with Crippen molar-refractivity contribution in [1.82, 2.24) is 59.1 Å². The van der Waals surface area contributed by atoms with Crippen LogP contribution in [0.1, 0.15) is 124 Å². The molecule has 31 heteroatoms. The number of aliphatic hydroxyl groups is 8. The summed E-state index contributed by atoms with van der Waals surface area (Å²) in [5, 5.41) is 97.6. The molecule has 0 spiro atoms. The number of aliphatic hydroxyl groups excluding tert-OH is 8.